The second-order valence-corrected chi connectivity index (χ2v) is 13.9. The Labute approximate surface area is 308 Å². The van der Waals surface area contributed by atoms with Crippen LogP contribution in [0.15, 0.2) is 146 Å². The van der Waals surface area contributed by atoms with Crippen molar-refractivity contribution in [1.82, 2.24) is 9.13 Å². The molecule has 6 aromatic carbocycles. The van der Waals surface area contributed by atoms with Gasteiger partial charge in [-0.2, -0.15) is 8.80 Å². The SMILES string of the molecule is Cc1cccc2c1c1cccc(C)c1c1n(C)c(-c3ccccc3)c[n+]21.[2H]C([2H])([2H])c1cccc2c1c1cccc(C)c1c1n(C)c(-c3ccccc3)c[n+]21. The van der Waals surface area contributed by atoms with Crippen LogP contribution in [0.2, 0.25) is 0 Å². The van der Waals surface area contributed by atoms with Gasteiger partial charge >= 0.3 is 0 Å². The fourth-order valence-corrected chi connectivity index (χ4v) is 8.36. The van der Waals surface area contributed by atoms with E-state index in [4.69, 9.17) is 4.11 Å². The third-order valence-electron chi connectivity index (χ3n) is 10.8. The summed E-state index contributed by atoms with van der Waals surface area (Å²) in [5.41, 5.74) is 13.3. The molecule has 0 amide bonds. The van der Waals surface area contributed by atoms with Gasteiger partial charge in [0.1, 0.15) is 23.4 Å². The summed E-state index contributed by atoms with van der Waals surface area (Å²) < 4.78 is 33.3. The van der Waals surface area contributed by atoms with Gasteiger partial charge in [-0.3, -0.25) is 0 Å². The van der Waals surface area contributed by atoms with E-state index in [1.165, 1.54) is 49.7 Å². The first-order chi connectivity index (χ1) is 26.5. The number of aromatic nitrogens is 4. The Morgan fingerprint density at radius 3 is 1.25 bits per heavy atom. The number of hydrogen-bond acceptors (Lipinski definition) is 0. The molecule has 4 heteroatoms. The first-order valence-corrected chi connectivity index (χ1v) is 17.8. The quantitative estimate of drug-likeness (QED) is 0.128. The predicted molar refractivity (Wildman–Crippen MR) is 217 cm³/mol. The van der Waals surface area contributed by atoms with E-state index in [1.54, 1.807) is 6.07 Å². The van der Waals surface area contributed by atoms with Crippen molar-refractivity contribution in [1.29, 1.82) is 0 Å². The van der Waals surface area contributed by atoms with Gasteiger partial charge in [-0.1, -0.05) is 121 Å². The summed E-state index contributed by atoms with van der Waals surface area (Å²) >= 11 is 0. The fourth-order valence-electron chi connectivity index (χ4n) is 8.36. The van der Waals surface area contributed by atoms with Crippen LogP contribution in [0.1, 0.15) is 26.4 Å². The Hall–Kier alpha value is -6.26. The van der Waals surface area contributed by atoms with E-state index >= 15 is 0 Å². The zero-order valence-corrected chi connectivity index (χ0v) is 30.1. The van der Waals surface area contributed by atoms with E-state index in [9.17, 15) is 0 Å². The average molecular weight is 678 g/mol. The molecular weight excluding hydrogens is 633 g/mol. The molecule has 0 radical (unpaired) electrons. The molecule has 52 heavy (non-hydrogen) atoms. The van der Waals surface area contributed by atoms with E-state index in [0.29, 0.717) is 5.56 Å². The molecule has 0 spiro atoms. The van der Waals surface area contributed by atoms with E-state index in [-0.39, 0.29) is 0 Å². The molecule has 0 saturated carbocycles. The van der Waals surface area contributed by atoms with Gasteiger partial charge in [-0.15, -0.1) is 0 Å². The van der Waals surface area contributed by atoms with Crippen molar-refractivity contribution in [2.45, 2.75) is 27.6 Å². The van der Waals surface area contributed by atoms with Gasteiger partial charge in [0.15, 0.2) is 11.4 Å². The summed E-state index contributed by atoms with van der Waals surface area (Å²) in [4.78, 5) is 0. The number of imidazole rings is 2. The topological polar surface area (TPSA) is 18.1 Å². The number of fused-ring (bicyclic) bond motifs is 12. The Balaban J connectivity index is 0.000000145. The minimum Gasteiger partial charge on any atom is -0.225 e. The maximum Gasteiger partial charge on any atom is 0.295 e. The summed E-state index contributed by atoms with van der Waals surface area (Å²) in [5.74, 6) is 0. The Kier molecular flexibility index (Phi) is 6.68. The first-order valence-electron chi connectivity index (χ1n) is 19.3. The van der Waals surface area contributed by atoms with E-state index in [0.717, 1.165) is 44.1 Å². The molecule has 0 unspecified atom stereocenters. The maximum absolute atomic E-state index is 8.09. The van der Waals surface area contributed by atoms with Gasteiger partial charge in [0.25, 0.3) is 11.3 Å². The summed E-state index contributed by atoms with van der Waals surface area (Å²) in [6.45, 7) is 4.32. The third-order valence-corrected chi connectivity index (χ3v) is 10.8. The zero-order chi connectivity index (χ0) is 38.2. The number of hydrogen-bond donors (Lipinski definition) is 0. The molecule has 0 saturated heterocycles. The molecule has 10 aromatic rings. The molecule has 0 aliphatic carbocycles. The molecule has 10 rings (SSSR count). The normalized spacial score (nSPS) is 12.8. The maximum atomic E-state index is 8.09. The lowest BCUT2D eigenvalue weighted by Crippen LogP contribution is -2.21. The minimum absolute atomic E-state index is 0.394. The monoisotopic (exact) mass is 677 g/mol. The first kappa shape index (κ1) is 28.4. The standard InChI is InChI=1S/2C24H21N2/c2*1-16-10-8-14-20-22(16)19-13-7-9-17(2)23(19)24-25(3)21(15-26(20)24)18-11-5-4-6-12-18/h2*4-15H,1-3H3/q2*+1/i1D3;. The van der Waals surface area contributed by atoms with Crippen molar-refractivity contribution < 1.29 is 12.9 Å². The van der Waals surface area contributed by atoms with Crippen molar-refractivity contribution in [3.8, 4) is 22.5 Å². The summed E-state index contributed by atoms with van der Waals surface area (Å²) in [6, 6.07) is 45.8. The largest absolute Gasteiger partial charge is 0.295 e. The third kappa shape index (κ3) is 4.75. The Morgan fingerprint density at radius 1 is 0.423 bits per heavy atom. The summed E-state index contributed by atoms with van der Waals surface area (Å²) in [6.07, 6.45) is 4.39. The van der Waals surface area contributed by atoms with Gasteiger partial charge in [0.05, 0.1) is 24.9 Å². The van der Waals surface area contributed by atoms with Crippen molar-refractivity contribution in [3.63, 3.8) is 0 Å². The van der Waals surface area contributed by atoms with Crippen LogP contribution in [0.5, 0.6) is 0 Å². The molecular formula is C48H42N4+2. The Morgan fingerprint density at radius 2 is 0.808 bits per heavy atom. The fraction of sp³-hybridized carbons (Fsp3) is 0.125. The highest BCUT2D eigenvalue weighted by molar-refractivity contribution is 6.13. The second-order valence-electron chi connectivity index (χ2n) is 13.9. The van der Waals surface area contributed by atoms with Crippen LogP contribution in [-0.2, 0) is 14.1 Å². The minimum atomic E-state index is -2.18. The average Bonchev–Trinajstić information content (AvgIpc) is 3.72. The lowest BCUT2D eigenvalue weighted by molar-refractivity contribution is -0.479. The van der Waals surface area contributed by atoms with Gasteiger partial charge in [-0.25, -0.2) is 9.13 Å². The number of nitrogens with zero attached hydrogens (tertiary/aromatic N) is 4. The number of rotatable bonds is 2. The lowest BCUT2D eigenvalue weighted by Gasteiger charge is -2.08. The zero-order valence-electron chi connectivity index (χ0n) is 33.1. The van der Waals surface area contributed by atoms with E-state index in [2.05, 4.69) is 150 Å². The Bertz CT molecular complexity index is 3120. The van der Waals surface area contributed by atoms with Crippen molar-refractivity contribution >= 4 is 54.6 Å². The number of benzene rings is 6. The smallest absolute Gasteiger partial charge is 0.225 e. The van der Waals surface area contributed by atoms with Gasteiger partial charge in [-0.05, 0) is 62.0 Å². The number of pyridine rings is 2. The lowest BCUT2D eigenvalue weighted by atomic mass is 9.99. The highest BCUT2D eigenvalue weighted by Crippen LogP contribution is 2.34. The van der Waals surface area contributed by atoms with Crippen LogP contribution in [0.4, 0.5) is 0 Å². The molecule has 4 nitrogen and oxygen atoms in total. The van der Waals surface area contributed by atoms with Crippen LogP contribution < -0.4 is 8.80 Å². The highest BCUT2D eigenvalue weighted by Gasteiger charge is 2.25. The second kappa shape index (κ2) is 12.2. The van der Waals surface area contributed by atoms with Crippen molar-refractivity contribution in [2.75, 3.05) is 0 Å². The highest BCUT2D eigenvalue weighted by atomic mass is 15.1. The van der Waals surface area contributed by atoms with Gasteiger partial charge in [0, 0.05) is 36.8 Å². The van der Waals surface area contributed by atoms with Crippen LogP contribution in [-0.4, -0.2) is 9.13 Å². The molecule has 0 N–H and O–H groups in total. The van der Waals surface area contributed by atoms with Crippen LogP contribution in [0.3, 0.4) is 0 Å². The van der Waals surface area contributed by atoms with Crippen LogP contribution in [0, 0.1) is 27.6 Å². The molecule has 4 aromatic heterocycles. The molecule has 0 bridgehead atoms. The van der Waals surface area contributed by atoms with E-state index in [1.807, 2.05) is 42.5 Å². The molecule has 0 aliphatic rings. The molecule has 0 atom stereocenters. The molecule has 4 heterocycles. The molecule has 252 valence electrons. The van der Waals surface area contributed by atoms with E-state index < -0.39 is 6.85 Å². The van der Waals surface area contributed by atoms with Crippen LogP contribution in [0.25, 0.3) is 77.2 Å². The molecule has 0 aliphatic heterocycles. The predicted octanol–water partition coefficient (Wildman–Crippen LogP) is 10.7. The molecule has 0 fully saturated rings. The summed E-state index contributed by atoms with van der Waals surface area (Å²) in [7, 11) is 4.24. The summed E-state index contributed by atoms with van der Waals surface area (Å²) in [5, 5.41) is 6.87. The van der Waals surface area contributed by atoms with Crippen molar-refractivity contribution in [3.05, 3.63) is 168 Å². The van der Waals surface area contributed by atoms with Crippen LogP contribution >= 0.6 is 0 Å². The van der Waals surface area contributed by atoms with Crippen molar-refractivity contribution in [2.24, 2.45) is 14.1 Å². The number of aryl methyl sites for hydroxylation is 6. The van der Waals surface area contributed by atoms with Gasteiger partial charge < -0.3 is 0 Å². The van der Waals surface area contributed by atoms with Gasteiger partial charge in [0.2, 0.25) is 0 Å².